The van der Waals surface area contributed by atoms with Crippen molar-refractivity contribution in [3.05, 3.63) is 479 Å². The Kier molecular flexibility index (Phi) is 21.0. The molecule has 0 fully saturated rings. The van der Waals surface area contributed by atoms with Crippen LogP contribution in [0.2, 0.25) is 0 Å². The van der Waals surface area contributed by atoms with Crippen molar-refractivity contribution in [3.63, 3.8) is 0 Å². The topological polar surface area (TPSA) is 155 Å². The second-order valence-electron chi connectivity index (χ2n) is 34.6. The van der Waals surface area contributed by atoms with Gasteiger partial charge < -0.3 is 13.3 Å². The summed E-state index contributed by atoms with van der Waals surface area (Å²) >= 11 is 0. The van der Waals surface area contributed by atoms with E-state index in [0.717, 1.165) is 165 Å². The van der Waals surface area contributed by atoms with E-state index >= 15 is 0 Å². The standard InChI is InChI=1S/2C43H27N3O.C41H25N3O/c1-2-10-28(11-3-1)33-14-8-15-34(26-33)30-20-23-31(24-21-30)41-44-42(35-25-22-29-12-4-5-13-32(29)27-35)46-43(45-41)37-17-9-19-39-40(37)36-16-6-7-18-38(36)47-39;1-2-9-28(10-3-1)30-17-19-31(20-18-30)32-21-24-33(25-22-32)41-44-42(35-26-23-29-11-4-5-12-34(29)27-35)46-43(45-41)37-14-8-16-39-40(37)36-13-6-7-15-38(36)47-39;1-2-12-27(13-3-1)30-16-8-18-32-31(30)17-9-19-33(32)40-42-39(29-24-23-26-11-4-5-14-28(26)25-29)43-41(44-40)35-20-10-22-37-38(35)34-15-6-7-21-36(34)45-37/h2*1-27H;1-25H. The molecule has 650 valence electrons. The summed E-state index contributed by atoms with van der Waals surface area (Å²) in [5, 5.41) is 15.3. The molecule has 6 aromatic heterocycles. The second-order valence-corrected chi connectivity index (χ2v) is 34.6. The molecular formula is C127H79N9O3. The van der Waals surface area contributed by atoms with Crippen LogP contribution in [0.25, 0.3) is 267 Å². The van der Waals surface area contributed by atoms with E-state index in [1.807, 2.05) is 109 Å². The van der Waals surface area contributed by atoms with E-state index < -0.39 is 0 Å². The number of nitrogens with zero attached hydrogens (tertiary/aromatic N) is 9. The predicted octanol–water partition coefficient (Wildman–Crippen LogP) is 33.3. The summed E-state index contributed by atoms with van der Waals surface area (Å²) in [6.45, 7) is 0. The van der Waals surface area contributed by atoms with Gasteiger partial charge in [-0.1, -0.05) is 419 Å². The molecule has 21 aromatic carbocycles. The molecule has 0 aliphatic heterocycles. The van der Waals surface area contributed by atoms with Gasteiger partial charge in [-0.05, 0) is 159 Å². The van der Waals surface area contributed by atoms with Gasteiger partial charge in [0.1, 0.15) is 33.5 Å². The van der Waals surface area contributed by atoms with Gasteiger partial charge in [0.25, 0.3) is 0 Å². The molecule has 0 unspecified atom stereocenters. The average Bonchev–Trinajstić information content (AvgIpc) is 1.11. The van der Waals surface area contributed by atoms with Crippen molar-refractivity contribution in [1.29, 1.82) is 0 Å². The number of benzene rings is 21. The van der Waals surface area contributed by atoms with Gasteiger partial charge >= 0.3 is 0 Å². The van der Waals surface area contributed by atoms with Crippen molar-refractivity contribution in [2.24, 2.45) is 0 Å². The highest BCUT2D eigenvalue weighted by Crippen LogP contribution is 2.44. The lowest BCUT2D eigenvalue weighted by Gasteiger charge is -2.13. The summed E-state index contributed by atoms with van der Waals surface area (Å²) in [5.41, 5.74) is 25.0. The molecule has 27 rings (SSSR count). The summed E-state index contributed by atoms with van der Waals surface area (Å²) in [5.74, 6) is 5.57. The average molecular weight is 1780 g/mol. The highest BCUT2D eigenvalue weighted by atomic mass is 16.3. The molecule has 12 heteroatoms. The number of fused-ring (bicyclic) bond motifs is 13. The van der Waals surface area contributed by atoms with Crippen LogP contribution in [-0.2, 0) is 0 Å². The first-order valence-electron chi connectivity index (χ1n) is 46.4. The number of hydrogen-bond donors (Lipinski definition) is 0. The number of para-hydroxylation sites is 3. The van der Waals surface area contributed by atoms with Crippen molar-refractivity contribution in [2.75, 3.05) is 0 Å². The lowest BCUT2D eigenvalue weighted by molar-refractivity contribution is 0.668. The third-order valence-electron chi connectivity index (χ3n) is 26.0. The van der Waals surface area contributed by atoms with Crippen LogP contribution in [0.3, 0.4) is 0 Å². The fourth-order valence-electron chi connectivity index (χ4n) is 19.1. The van der Waals surface area contributed by atoms with Crippen LogP contribution >= 0.6 is 0 Å². The molecule has 27 aromatic rings. The number of furan rings is 3. The zero-order chi connectivity index (χ0) is 92.1. The van der Waals surface area contributed by atoms with Crippen LogP contribution in [0.15, 0.2) is 492 Å². The summed E-state index contributed by atoms with van der Waals surface area (Å²) in [6.07, 6.45) is 0. The lowest BCUT2D eigenvalue weighted by Crippen LogP contribution is -2.01. The largest absolute Gasteiger partial charge is 0.456 e. The maximum Gasteiger partial charge on any atom is 0.164 e. The monoisotopic (exact) mass is 1780 g/mol. The summed E-state index contributed by atoms with van der Waals surface area (Å²) < 4.78 is 18.7. The first kappa shape index (κ1) is 82.0. The van der Waals surface area contributed by atoms with Crippen molar-refractivity contribution in [3.8, 4) is 158 Å². The maximum atomic E-state index is 6.23. The minimum atomic E-state index is 0.606. The van der Waals surface area contributed by atoms with E-state index in [4.69, 9.17) is 58.1 Å². The molecule has 6 heterocycles. The first-order valence-corrected chi connectivity index (χ1v) is 46.4. The van der Waals surface area contributed by atoms with E-state index in [0.29, 0.717) is 52.4 Å². The zero-order valence-electron chi connectivity index (χ0n) is 74.9. The van der Waals surface area contributed by atoms with E-state index in [9.17, 15) is 0 Å². The molecule has 0 amide bonds. The fourth-order valence-corrected chi connectivity index (χ4v) is 19.1. The maximum absolute atomic E-state index is 6.23. The van der Waals surface area contributed by atoms with Gasteiger partial charge in [0.15, 0.2) is 52.4 Å². The van der Waals surface area contributed by atoms with Crippen molar-refractivity contribution >= 4 is 109 Å². The van der Waals surface area contributed by atoms with Crippen molar-refractivity contribution < 1.29 is 13.3 Å². The fraction of sp³-hybridized carbons (Fsp3) is 0. The SMILES string of the molecule is c1ccc(-c2ccc(-c3ccc(-c4nc(-c5ccc6ccccc6c5)nc(-c5cccc6oc7ccccc7c56)n4)cc3)cc2)cc1.c1ccc(-c2cccc(-c3ccc(-c4nc(-c5ccc6ccccc6c5)nc(-c5cccc6oc7ccccc7c56)n4)cc3)c2)cc1.c1ccc(-c2cccc3c(-c4nc(-c5ccc6ccccc6c5)nc(-c5cccc6oc7ccccc7c56)n4)cccc23)cc1. The minimum Gasteiger partial charge on any atom is -0.456 e. The van der Waals surface area contributed by atoms with Gasteiger partial charge in [0.05, 0.1) is 0 Å². The summed E-state index contributed by atoms with van der Waals surface area (Å²) in [7, 11) is 0. The molecule has 0 atom stereocenters. The Morgan fingerprint density at radius 2 is 0.338 bits per heavy atom. The molecular weight excluding hydrogens is 1700 g/mol. The van der Waals surface area contributed by atoms with Crippen molar-refractivity contribution in [1.82, 2.24) is 44.9 Å². The Morgan fingerprint density at radius 1 is 0.115 bits per heavy atom. The highest BCUT2D eigenvalue weighted by molar-refractivity contribution is 6.15. The molecule has 0 N–H and O–H groups in total. The summed E-state index contributed by atoms with van der Waals surface area (Å²) in [6, 6.07) is 165. The van der Waals surface area contributed by atoms with Crippen LogP contribution in [0.5, 0.6) is 0 Å². The third-order valence-corrected chi connectivity index (χ3v) is 26.0. The zero-order valence-corrected chi connectivity index (χ0v) is 74.9. The van der Waals surface area contributed by atoms with E-state index in [2.05, 4.69) is 370 Å². The van der Waals surface area contributed by atoms with E-state index in [1.54, 1.807) is 0 Å². The first-order chi connectivity index (χ1) is 68.8. The third kappa shape index (κ3) is 15.9. The Hall–Kier alpha value is -18.9. The van der Waals surface area contributed by atoms with Gasteiger partial charge in [-0.3, -0.25) is 0 Å². The smallest absolute Gasteiger partial charge is 0.164 e. The minimum absolute atomic E-state index is 0.606. The van der Waals surface area contributed by atoms with Gasteiger partial charge in [-0.25, -0.2) is 44.9 Å². The van der Waals surface area contributed by atoms with Crippen molar-refractivity contribution in [2.45, 2.75) is 0 Å². The van der Waals surface area contributed by atoms with Crippen LogP contribution in [0.4, 0.5) is 0 Å². The molecule has 0 aliphatic carbocycles. The molecule has 0 saturated carbocycles. The molecule has 0 spiro atoms. The normalized spacial score (nSPS) is 11.5. The number of aromatic nitrogens is 9. The predicted molar refractivity (Wildman–Crippen MR) is 567 cm³/mol. The van der Waals surface area contributed by atoms with Gasteiger partial charge in [-0.15, -0.1) is 0 Å². The van der Waals surface area contributed by atoms with Crippen LogP contribution < -0.4 is 0 Å². The van der Waals surface area contributed by atoms with Gasteiger partial charge in [0.2, 0.25) is 0 Å². The quantitative estimate of drug-likeness (QED) is 0.102. The molecule has 0 bridgehead atoms. The molecule has 0 aliphatic rings. The highest BCUT2D eigenvalue weighted by Gasteiger charge is 2.25. The van der Waals surface area contributed by atoms with Gasteiger partial charge in [-0.2, -0.15) is 0 Å². The molecule has 0 radical (unpaired) electrons. The van der Waals surface area contributed by atoms with Crippen LogP contribution in [-0.4, -0.2) is 44.9 Å². The second kappa shape index (κ2) is 35.6. The number of rotatable bonds is 14. The number of hydrogen-bond acceptors (Lipinski definition) is 12. The lowest BCUT2D eigenvalue weighted by atomic mass is 9.95. The van der Waals surface area contributed by atoms with Crippen LogP contribution in [0, 0.1) is 0 Å². The molecule has 139 heavy (non-hydrogen) atoms. The Balaban J connectivity index is 0.000000110. The molecule has 0 saturated heterocycles. The molecule has 12 nitrogen and oxygen atoms in total. The van der Waals surface area contributed by atoms with Gasteiger partial charge in [0, 0.05) is 82.4 Å². The van der Waals surface area contributed by atoms with Crippen LogP contribution in [0.1, 0.15) is 0 Å². The Bertz CT molecular complexity index is 9390. The summed E-state index contributed by atoms with van der Waals surface area (Å²) in [4.78, 5) is 45.9. The Labute approximate surface area is 799 Å². The van der Waals surface area contributed by atoms with E-state index in [1.165, 1.54) is 49.5 Å². The Morgan fingerprint density at radius 3 is 0.719 bits per heavy atom. The van der Waals surface area contributed by atoms with E-state index in [-0.39, 0.29) is 0 Å².